The summed E-state index contributed by atoms with van der Waals surface area (Å²) in [5, 5.41) is 0. The van der Waals surface area contributed by atoms with Crippen molar-refractivity contribution < 1.29 is 22.3 Å². The molecule has 1 aliphatic rings. The van der Waals surface area contributed by atoms with E-state index in [2.05, 4.69) is 4.72 Å². The summed E-state index contributed by atoms with van der Waals surface area (Å²) in [6.07, 6.45) is 0. The topological polar surface area (TPSA) is 67.9 Å². The van der Waals surface area contributed by atoms with E-state index in [0.717, 1.165) is 0 Å². The lowest BCUT2D eigenvalue weighted by Gasteiger charge is -2.30. The lowest BCUT2D eigenvalue weighted by molar-refractivity contribution is 0.123. The van der Waals surface area contributed by atoms with Crippen LogP contribution in [-0.2, 0) is 14.8 Å². The van der Waals surface area contributed by atoms with Gasteiger partial charge in [0, 0.05) is 19.2 Å². The Kier molecular flexibility index (Phi) is 5.57. The molecule has 0 amide bonds. The van der Waals surface area contributed by atoms with Gasteiger partial charge in [0.2, 0.25) is 0 Å². The van der Waals surface area contributed by atoms with E-state index in [0.29, 0.717) is 48.9 Å². The smallest absolute Gasteiger partial charge is 0.262 e. The normalized spacial score (nSPS) is 14.9. The monoisotopic (exact) mass is 394 g/mol. The van der Waals surface area contributed by atoms with E-state index in [1.807, 2.05) is 4.90 Å². The number of halogens is 1. The van der Waals surface area contributed by atoms with Crippen LogP contribution in [0, 0.1) is 19.7 Å². The predicted octanol–water partition coefficient (Wildman–Crippen LogP) is 3.09. The largest absolute Gasteiger partial charge is 0.496 e. The molecule has 8 heteroatoms. The summed E-state index contributed by atoms with van der Waals surface area (Å²) in [4.78, 5) is 2.12. The van der Waals surface area contributed by atoms with Gasteiger partial charge in [0.05, 0.1) is 36.6 Å². The Hall–Kier alpha value is -2.32. The third-order valence-corrected chi connectivity index (χ3v) is 6.04. The Labute approximate surface area is 159 Å². The summed E-state index contributed by atoms with van der Waals surface area (Å²) in [5.74, 6) is 0.110. The van der Waals surface area contributed by atoms with E-state index in [9.17, 15) is 12.8 Å². The molecule has 1 heterocycles. The molecule has 1 N–H and O–H groups in total. The van der Waals surface area contributed by atoms with Crippen LogP contribution in [0.1, 0.15) is 11.1 Å². The minimum absolute atomic E-state index is 0.137. The Bertz CT molecular complexity index is 941. The van der Waals surface area contributed by atoms with Gasteiger partial charge in [-0.1, -0.05) is 0 Å². The SMILES string of the molecule is COc1cc(C)c(S(=O)(=O)Nc2cc(F)ccc2N2CCOCC2)cc1C. The van der Waals surface area contributed by atoms with Crippen LogP contribution in [0.3, 0.4) is 0 Å². The number of nitrogens with zero attached hydrogens (tertiary/aromatic N) is 1. The van der Waals surface area contributed by atoms with Crippen LogP contribution in [0.25, 0.3) is 0 Å². The van der Waals surface area contributed by atoms with Crippen molar-refractivity contribution >= 4 is 21.4 Å². The van der Waals surface area contributed by atoms with E-state index in [1.54, 1.807) is 32.0 Å². The van der Waals surface area contributed by atoms with E-state index >= 15 is 0 Å². The second-order valence-electron chi connectivity index (χ2n) is 6.45. The second kappa shape index (κ2) is 7.74. The molecule has 0 unspecified atom stereocenters. The van der Waals surface area contributed by atoms with Crippen LogP contribution in [-0.4, -0.2) is 41.8 Å². The van der Waals surface area contributed by atoms with Crippen LogP contribution in [0.5, 0.6) is 5.75 Å². The summed E-state index contributed by atoms with van der Waals surface area (Å²) in [7, 11) is -2.36. The van der Waals surface area contributed by atoms with Crippen LogP contribution in [0.4, 0.5) is 15.8 Å². The van der Waals surface area contributed by atoms with Crippen molar-refractivity contribution in [2.75, 3.05) is 43.0 Å². The minimum Gasteiger partial charge on any atom is -0.496 e. The van der Waals surface area contributed by atoms with Crippen molar-refractivity contribution in [2.24, 2.45) is 0 Å². The van der Waals surface area contributed by atoms with Gasteiger partial charge in [0.25, 0.3) is 10.0 Å². The Morgan fingerprint density at radius 3 is 2.48 bits per heavy atom. The average Bonchev–Trinajstić information content (AvgIpc) is 2.63. The molecule has 1 aliphatic heterocycles. The molecule has 1 fully saturated rings. The second-order valence-corrected chi connectivity index (χ2v) is 8.10. The van der Waals surface area contributed by atoms with Gasteiger partial charge >= 0.3 is 0 Å². The molecule has 6 nitrogen and oxygen atoms in total. The number of morpholine rings is 1. The van der Waals surface area contributed by atoms with Gasteiger partial charge in [-0.05, 0) is 49.2 Å². The van der Waals surface area contributed by atoms with Crippen molar-refractivity contribution in [1.29, 1.82) is 0 Å². The standard InChI is InChI=1S/C19H23FN2O4S/c1-13-11-19(14(2)10-18(13)25-3)27(23,24)21-16-12-15(20)4-5-17(16)22-6-8-26-9-7-22/h4-5,10-12,21H,6-9H2,1-3H3. The van der Waals surface area contributed by atoms with E-state index in [4.69, 9.17) is 9.47 Å². The van der Waals surface area contributed by atoms with Crippen molar-refractivity contribution in [2.45, 2.75) is 18.7 Å². The van der Waals surface area contributed by atoms with Gasteiger partial charge < -0.3 is 14.4 Å². The Morgan fingerprint density at radius 1 is 1.11 bits per heavy atom. The first-order valence-electron chi connectivity index (χ1n) is 8.62. The molecule has 0 aliphatic carbocycles. The average molecular weight is 394 g/mol. The molecule has 0 aromatic heterocycles. The number of methoxy groups -OCH3 is 1. The molecule has 1 saturated heterocycles. The van der Waals surface area contributed by atoms with Crippen molar-refractivity contribution in [3.05, 3.63) is 47.3 Å². The molecule has 0 spiro atoms. The molecular weight excluding hydrogens is 371 g/mol. The fraction of sp³-hybridized carbons (Fsp3) is 0.368. The van der Waals surface area contributed by atoms with E-state index in [1.165, 1.54) is 19.2 Å². The molecule has 3 rings (SSSR count). The van der Waals surface area contributed by atoms with Crippen molar-refractivity contribution in [1.82, 2.24) is 0 Å². The van der Waals surface area contributed by atoms with Gasteiger partial charge in [-0.15, -0.1) is 0 Å². The third kappa shape index (κ3) is 4.17. The van der Waals surface area contributed by atoms with Gasteiger partial charge in [-0.25, -0.2) is 12.8 Å². The van der Waals surface area contributed by atoms with E-state index in [-0.39, 0.29) is 10.6 Å². The number of benzene rings is 2. The first-order valence-corrected chi connectivity index (χ1v) is 10.1. The zero-order valence-corrected chi connectivity index (χ0v) is 16.4. The number of nitrogens with one attached hydrogen (secondary N) is 1. The summed E-state index contributed by atoms with van der Waals surface area (Å²) in [6, 6.07) is 7.35. The maximum absolute atomic E-state index is 13.8. The lowest BCUT2D eigenvalue weighted by Crippen LogP contribution is -2.36. The number of hydrogen-bond donors (Lipinski definition) is 1. The summed E-state index contributed by atoms with van der Waals surface area (Å²) < 4.78 is 53.0. The van der Waals surface area contributed by atoms with Crippen LogP contribution in [0.15, 0.2) is 35.2 Å². The van der Waals surface area contributed by atoms with Crippen LogP contribution < -0.4 is 14.4 Å². The van der Waals surface area contributed by atoms with Gasteiger partial charge in [-0.2, -0.15) is 0 Å². The highest BCUT2D eigenvalue weighted by Crippen LogP contribution is 2.32. The molecule has 2 aromatic carbocycles. The van der Waals surface area contributed by atoms with Gasteiger partial charge in [-0.3, -0.25) is 4.72 Å². The lowest BCUT2D eigenvalue weighted by atomic mass is 10.1. The molecule has 0 bridgehead atoms. The third-order valence-electron chi connectivity index (χ3n) is 4.54. The highest BCUT2D eigenvalue weighted by Gasteiger charge is 2.23. The Morgan fingerprint density at radius 2 is 1.81 bits per heavy atom. The molecule has 146 valence electrons. The minimum atomic E-state index is -3.90. The summed E-state index contributed by atoms with van der Waals surface area (Å²) in [6.45, 7) is 5.78. The zero-order valence-electron chi connectivity index (χ0n) is 15.6. The first kappa shape index (κ1) is 19.4. The van der Waals surface area contributed by atoms with Gasteiger partial charge in [0.1, 0.15) is 11.6 Å². The quantitative estimate of drug-likeness (QED) is 0.844. The number of rotatable bonds is 5. The number of ether oxygens (including phenoxy) is 2. The maximum Gasteiger partial charge on any atom is 0.262 e. The number of anilines is 2. The Balaban J connectivity index is 1.99. The number of hydrogen-bond acceptors (Lipinski definition) is 5. The summed E-state index contributed by atoms with van der Waals surface area (Å²) >= 11 is 0. The zero-order chi connectivity index (χ0) is 19.6. The maximum atomic E-state index is 13.8. The molecule has 27 heavy (non-hydrogen) atoms. The van der Waals surface area contributed by atoms with Crippen LogP contribution in [0.2, 0.25) is 0 Å². The molecule has 0 radical (unpaired) electrons. The van der Waals surface area contributed by atoms with Crippen molar-refractivity contribution in [3.63, 3.8) is 0 Å². The van der Waals surface area contributed by atoms with Crippen molar-refractivity contribution in [3.8, 4) is 5.75 Å². The van der Waals surface area contributed by atoms with Crippen LogP contribution >= 0.6 is 0 Å². The molecular formula is C19H23FN2O4S. The molecule has 0 atom stereocenters. The fourth-order valence-corrected chi connectivity index (χ4v) is 4.52. The summed E-state index contributed by atoms with van der Waals surface area (Å²) in [5.41, 5.74) is 2.10. The number of sulfonamides is 1. The van der Waals surface area contributed by atoms with Gasteiger partial charge in [0.15, 0.2) is 0 Å². The fourth-order valence-electron chi connectivity index (χ4n) is 3.14. The molecule has 2 aromatic rings. The highest BCUT2D eigenvalue weighted by atomic mass is 32.2. The van der Waals surface area contributed by atoms with E-state index < -0.39 is 15.8 Å². The first-order chi connectivity index (χ1) is 12.8. The predicted molar refractivity (Wildman–Crippen MR) is 103 cm³/mol. The molecule has 0 saturated carbocycles. The highest BCUT2D eigenvalue weighted by molar-refractivity contribution is 7.92. The number of aryl methyl sites for hydroxylation is 2.